The summed E-state index contributed by atoms with van der Waals surface area (Å²) >= 11 is 0. The summed E-state index contributed by atoms with van der Waals surface area (Å²) in [6.45, 7) is 8.86. The van der Waals surface area contributed by atoms with Crippen LogP contribution >= 0.6 is 0 Å². The Labute approximate surface area is 161 Å². The van der Waals surface area contributed by atoms with Crippen LogP contribution in [0.4, 0.5) is 0 Å². The summed E-state index contributed by atoms with van der Waals surface area (Å²) in [6, 6.07) is 9.16. The molecule has 4 aliphatic heterocycles. The molecule has 1 aromatic heterocycles. The van der Waals surface area contributed by atoms with Gasteiger partial charge >= 0.3 is 0 Å². The minimum Gasteiger partial charge on any atom is -0.508 e. The molecule has 3 atom stereocenters. The van der Waals surface area contributed by atoms with E-state index in [0.717, 1.165) is 24.7 Å². The summed E-state index contributed by atoms with van der Waals surface area (Å²) in [5, 5.41) is 14.7. The van der Waals surface area contributed by atoms with Crippen molar-refractivity contribution in [2.24, 2.45) is 13.0 Å². The summed E-state index contributed by atoms with van der Waals surface area (Å²) in [5.74, 6) is 1.67. The first kappa shape index (κ1) is 17.3. The number of benzene rings is 1. The minimum absolute atomic E-state index is 0.386. The summed E-state index contributed by atoms with van der Waals surface area (Å²) in [6.07, 6.45) is 2.66. The molecule has 6 rings (SSSR count). The zero-order valence-electron chi connectivity index (χ0n) is 16.6. The van der Waals surface area contributed by atoms with Crippen LogP contribution in [0, 0.1) is 19.8 Å². The van der Waals surface area contributed by atoms with Crippen LogP contribution in [0.1, 0.15) is 41.3 Å². The monoisotopic (exact) mass is 366 g/mol. The molecular weight excluding hydrogens is 336 g/mol. The highest BCUT2D eigenvalue weighted by Gasteiger charge is 2.53. The Hall–Kier alpha value is -1.85. The number of nitrogens with zero attached hydrogens (tertiary/aromatic N) is 4. The van der Waals surface area contributed by atoms with Crippen molar-refractivity contribution < 1.29 is 5.11 Å². The average Bonchev–Trinajstić information content (AvgIpc) is 3.18. The summed E-state index contributed by atoms with van der Waals surface area (Å²) in [7, 11) is 2.04. The largest absolute Gasteiger partial charge is 0.508 e. The third kappa shape index (κ3) is 2.71. The van der Waals surface area contributed by atoms with Gasteiger partial charge in [-0.2, -0.15) is 5.10 Å². The second-order valence-corrected chi connectivity index (χ2v) is 8.76. The lowest BCUT2D eigenvalue weighted by Crippen LogP contribution is -2.60. The number of rotatable bonds is 3. The molecule has 0 unspecified atom stereocenters. The predicted octanol–water partition coefficient (Wildman–Crippen LogP) is 2.80. The van der Waals surface area contributed by atoms with E-state index in [0.29, 0.717) is 23.8 Å². The third-order valence-electron chi connectivity index (χ3n) is 7.41. The number of hydrogen-bond acceptors (Lipinski definition) is 4. The SMILES string of the molecule is Cc1nn(C)c(C)c1CN1C[C@@H](c2cccc(O)c2)[C@@H]2[C@H]1C1CCN2CC1. The van der Waals surface area contributed by atoms with Gasteiger partial charge in [0.25, 0.3) is 0 Å². The lowest BCUT2D eigenvalue weighted by atomic mass is 9.75. The Morgan fingerprint density at radius 3 is 2.59 bits per heavy atom. The normalized spacial score (nSPS) is 32.8. The molecule has 5 heterocycles. The van der Waals surface area contributed by atoms with E-state index in [-0.39, 0.29) is 0 Å². The van der Waals surface area contributed by atoms with Crippen molar-refractivity contribution in [3.05, 3.63) is 46.8 Å². The molecule has 2 bridgehead atoms. The van der Waals surface area contributed by atoms with Gasteiger partial charge in [-0.25, -0.2) is 0 Å². The van der Waals surface area contributed by atoms with Crippen LogP contribution in [0.5, 0.6) is 5.75 Å². The Balaban J connectivity index is 1.51. The molecule has 4 fully saturated rings. The van der Waals surface area contributed by atoms with Gasteiger partial charge in [0.15, 0.2) is 0 Å². The van der Waals surface area contributed by atoms with E-state index in [1.54, 1.807) is 6.07 Å². The first-order valence-corrected chi connectivity index (χ1v) is 10.3. The highest BCUT2D eigenvalue weighted by Crippen LogP contribution is 2.47. The van der Waals surface area contributed by atoms with Gasteiger partial charge in [0.05, 0.1) is 5.69 Å². The number of aromatic nitrogens is 2. The highest BCUT2D eigenvalue weighted by molar-refractivity contribution is 5.34. The molecular formula is C22H30N4O. The molecule has 4 saturated heterocycles. The summed E-state index contributed by atoms with van der Waals surface area (Å²) < 4.78 is 2.02. The molecule has 1 N–H and O–H groups in total. The number of phenols is 1. The van der Waals surface area contributed by atoms with Crippen molar-refractivity contribution in [1.82, 2.24) is 19.6 Å². The van der Waals surface area contributed by atoms with Crippen molar-refractivity contribution >= 4 is 0 Å². The fraction of sp³-hybridized carbons (Fsp3) is 0.591. The van der Waals surface area contributed by atoms with Crippen LogP contribution in [0.25, 0.3) is 0 Å². The number of likely N-dealkylation sites (tertiary alicyclic amines) is 1. The highest BCUT2D eigenvalue weighted by atomic mass is 16.3. The molecule has 0 radical (unpaired) electrons. The van der Waals surface area contributed by atoms with Crippen molar-refractivity contribution in [3.8, 4) is 5.75 Å². The van der Waals surface area contributed by atoms with Crippen molar-refractivity contribution in [1.29, 1.82) is 0 Å². The quantitative estimate of drug-likeness (QED) is 0.907. The maximum absolute atomic E-state index is 10.0. The lowest BCUT2D eigenvalue weighted by Gasteiger charge is -2.51. The van der Waals surface area contributed by atoms with Crippen molar-refractivity contribution in [2.45, 2.75) is 51.2 Å². The zero-order chi connectivity index (χ0) is 18.7. The van der Waals surface area contributed by atoms with Gasteiger partial charge in [0, 0.05) is 49.4 Å². The number of phenolic OH excluding ortho intramolecular Hbond substituents is 1. The van der Waals surface area contributed by atoms with Crippen LogP contribution in [0.3, 0.4) is 0 Å². The average molecular weight is 367 g/mol. The molecule has 4 aliphatic rings. The molecule has 5 heteroatoms. The van der Waals surface area contributed by atoms with Gasteiger partial charge in [-0.15, -0.1) is 0 Å². The molecule has 2 aromatic rings. The first-order valence-electron chi connectivity index (χ1n) is 10.3. The Morgan fingerprint density at radius 1 is 1.15 bits per heavy atom. The standard InChI is InChI=1S/C22H30N4O/c1-14-19(15(2)24(3)23-14)12-26-13-20(17-5-4-6-18(27)11-17)22-21(26)16-7-9-25(22)10-8-16/h4-6,11,16,20-22,27H,7-10,12-13H2,1-3H3/t20-,21+,22+/m0/s1. The Morgan fingerprint density at radius 2 is 1.93 bits per heavy atom. The first-order chi connectivity index (χ1) is 13.0. The molecule has 0 spiro atoms. The van der Waals surface area contributed by atoms with Gasteiger partial charge in [-0.3, -0.25) is 14.5 Å². The van der Waals surface area contributed by atoms with E-state index in [2.05, 4.69) is 34.8 Å². The topological polar surface area (TPSA) is 44.5 Å². The fourth-order valence-electron chi connectivity index (χ4n) is 6.02. The van der Waals surface area contributed by atoms with Crippen molar-refractivity contribution in [3.63, 3.8) is 0 Å². The second kappa shape index (κ2) is 6.35. The molecule has 5 nitrogen and oxygen atoms in total. The van der Waals surface area contributed by atoms with Gasteiger partial charge in [0.1, 0.15) is 5.75 Å². The van der Waals surface area contributed by atoms with E-state index in [1.165, 1.54) is 42.8 Å². The Kier molecular flexibility index (Phi) is 4.06. The Bertz CT molecular complexity index is 852. The molecule has 1 aromatic carbocycles. The smallest absolute Gasteiger partial charge is 0.115 e. The molecule has 27 heavy (non-hydrogen) atoms. The maximum Gasteiger partial charge on any atom is 0.115 e. The number of aromatic hydroxyl groups is 1. The molecule has 0 amide bonds. The molecule has 144 valence electrons. The van der Waals surface area contributed by atoms with E-state index in [1.807, 2.05) is 23.9 Å². The number of aryl methyl sites for hydroxylation is 2. The number of fused-ring (bicyclic) bond motifs is 2. The van der Waals surface area contributed by atoms with Crippen LogP contribution in [-0.2, 0) is 13.6 Å². The third-order valence-corrected chi connectivity index (χ3v) is 7.41. The van der Waals surface area contributed by atoms with Gasteiger partial charge in [-0.05, 0) is 63.4 Å². The van der Waals surface area contributed by atoms with Crippen molar-refractivity contribution in [2.75, 3.05) is 19.6 Å². The van der Waals surface area contributed by atoms with Crippen LogP contribution in [0.2, 0.25) is 0 Å². The van der Waals surface area contributed by atoms with E-state index >= 15 is 0 Å². The van der Waals surface area contributed by atoms with Gasteiger partial charge < -0.3 is 5.11 Å². The minimum atomic E-state index is 0.386. The molecule has 0 saturated carbocycles. The van der Waals surface area contributed by atoms with Gasteiger partial charge in [-0.1, -0.05) is 12.1 Å². The fourth-order valence-corrected chi connectivity index (χ4v) is 6.02. The van der Waals surface area contributed by atoms with E-state index in [4.69, 9.17) is 0 Å². The number of piperidine rings is 3. The maximum atomic E-state index is 10.0. The van der Waals surface area contributed by atoms with E-state index < -0.39 is 0 Å². The number of hydrogen-bond donors (Lipinski definition) is 1. The summed E-state index contributed by atoms with van der Waals surface area (Å²) in [4.78, 5) is 5.45. The van der Waals surface area contributed by atoms with E-state index in [9.17, 15) is 5.11 Å². The van der Waals surface area contributed by atoms with Crippen LogP contribution < -0.4 is 0 Å². The zero-order valence-corrected chi connectivity index (χ0v) is 16.6. The second-order valence-electron chi connectivity index (χ2n) is 8.76. The molecule has 0 aliphatic carbocycles. The van der Waals surface area contributed by atoms with Gasteiger partial charge in [0.2, 0.25) is 0 Å². The summed E-state index contributed by atoms with van der Waals surface area (Å²) in [5.41, 5.74) is 5.13. The van der Waals surface area contributed by atoms with Crippen LogP contribution in [-0.4, -0.2) is 56.4 Å². The lowest BCUT2D eigenvalue weighted by molar-refractivity contribution is -0.00878. The van der Waals surface area contributed by atoms with Crippen LogP contribution in [0.15, 0.2) is 24.3 Å². The predicted molar refractivity (Wildman–Crippen MR) is 106 cm³/mol.